The molecule has 4 heterocycles. The number of nitrogens with one attached hydrogen (secondary N) is 2. The number of anilines is 1. The molecule has 3 saturated carbocycles. The monoisotopic (exact) mass is 574 g/mol. The fourth-order valence-electron chi connectivity index (χ4n) is 6.05. The highest BCUT2D eigenvalue weighted by molar-refractivity contribution is 7.09. The molecule has 12 heteroatoms. The Labute approximate surface area is 240 Å². The van der Waals surface area contributed by atoms with Crippen molar-refractivity contribution >= 4 is 28.4 Å². The van der Waals surface area contributed by atoms with Gasteiger partial charge >= 0.3 is 0 Å². The lowest BCUT2D eigenvalue weighted by atomic mass is 9.57. The summed E-state index contributed by atoms with van der Waals surface area (Å²) in [6, 6.07) is 9.44. The predicted molar refractivity (Wildman–Crippen MR) is 152 cm³/mol. The number of halogens is 1. The quantitative estimate of drug-likeness (QED) is 0.281. The lowest BCUT2D eigenvalue weighted by molar-refractivity contribution is -0.00177. The van der Waals surface area contributed by atoms with Crippen LogP contribution in [0.3, 0.4) is 0 Å². The van der Waals surface area contributed by atoms with Crippen LogP contribution in [0.1, 0.15) is 73.3 Å². The second-order valence-electron chi connectivity index (χ2n) is 11.8. The summed E-state index contributed by atoms with van der Waals surface area (Å²) in [7, 11) is 0. The van der Waals surface area contributed by atoms with Gasteiger partial charge in [-0.25, -0.2) is 8.91 Å². The molecular weight excluding hydrogens is 543 g/mol. The number of carbonyl (C=O) groups excluding carboxylic acids is 1. The summed E-state index contributed by atoms with van der Waals surface area (Å²) >= 11 is 1.62. The van der Waals surface area contributed by atoms with Crippen molar-refractivity contribution in [2.45, 2.75) is 75.1 Å². The van der Waals surface area contributed by atoms with Crippen molar-refractivity contribution in [1.82, 2.24) is 30.1 Å². The van der Waals surface area contributed by atoms with Crippen LogP contribution in [0.2, 0.25) is 0 Å². The zero-order valence-corrected chi connectivity index (χ0v) is 23.7. The molecule has 0 saturated heterocycles. The first-order chi connectivity index (χ1) is 19.6. The number of amides is 1. The number of nitriles is 1. The summed E-state index contributed by atoms with van der Waals surface area (Å²) in [5.41, 5.74) is 3.54. The zero-order valence-electron chi connectivity index (χ0n) is 22.9. The molecule has 10 nitrogen and oxygen atoms in total. The molecule has 4 aromatic heterocycles. The molecule has 3 aliphatic rings. The third kappa shape index (κ3) is 5.04. The average molecular weight is 575 g/mol. The number of hydrogen-bond acceptors (Lipinski definition) is 9. The minimum atomic E-state index is -1.63. The molecule has 0 radical (unpaired) electrons. The molecule has 0 unspecified atom stereocenters. The number of pyridine rings is 1. The van der Waals surface area contributed by atoms with Crippen LogP contribution in [-0.2, 0) is 5.41 Å². The van der Waals surface area contributed by atoms with Gasteiger partial charge in [-0.3, -0.25) is 9.78 Å². The Morgan fingerprint density at radius 1 is 1.22 bits per heavy atom. The fraction of sp³-hybridized carbons (Fsp3) is 0.448. The van der Waals surface area contributed by atoms with E-state index in [1.165, 1.54) is 26.2 Å². The van der Waals surface area contributed by atoms with Crippen molar-refractivity contribution < 1.29 is 14.3 Å². The third-order valence-electron chi connectivity index (χ3n) is 8.71. The van der Waals surface area contributed by atoms with E-state index in [4.69, 9.17) is 0 Å². The lowest BCUT2D eigenvalue weighted by Gasteiger charge is -2.53. The van der Waals surface area contributed by atoms with E-state index >= 15 is 0 Å². The average Bonchev–Trinajstić information content (AvgIpc) is 3.67. The van der Waals surface area contributed by atoms with E-state index in [9.17, 15) is 19.6 Å². The Balaban J connectivity index is 1.32. The lowest BCUT2D eigenvalue weighted by Crippen LogP contribution is -2.52. The molecule has 212 valence electrons. The topological polar surface area (TPSA) is 141 Å². The minimum Gasteiger partial charge on any atom is -0.387 e. The summed E-state index contributed by atoms with van der Waals surface area (Å²) in [5, 5.41) is 39.6. The van der Waals surface area contributed by atoms with Crippen molar-refractivity contribution in [3.8, 4) is 17.5 Å². The van der Waals surface area contributed by atoms with E-state index in [0.29, 0.717) is 28.2 Å². The number of alkyl halides is 1. The Kier molecular flexibility index (Phi) is 6.74. The second-order valence-corrected chi connectivity index (χ2v) is 12.6. The van der Waals surface area contributed by atoms with Crippen molar-refractivity contribution in [1.29, 1.82) is 5.26 Å². The molecule has 0 aliphatic heterocycles. The van der Waals surface area contributed by atoms with Gasteiger partial charge in [0.25, 0.3) is 5.91 Å². The van der Waals surface area contributed by atoms with E-state index in [-0.39, 0.29) is 17.5 Å². The van der Waals surface area contributed by atoms with Crippen LogP contribution >= 0.6 is 11.3 Å². The molecule has 2 bridgehead atoms. The van der Waals surface area contributed by atoms with E-state index in [2.05, 4.69) is 37.0 Å². The zero-order chi connectivity index (χ0) is 28.8. The van der Waals surface area contributed by atoms with E-state index in [1.54, 1.807) is 27.4 Å². The first-order valence-electron chi connectivity index (χ1n) is 13.7. The van der Waals surface area contributed by atoms with Gasteiger partial charge in [0.2, 0.25) is 0 Å². The normalized spacial score (nSPS) is 22.8. The van der Waals surface area contributed by atoms with Crippen LogP contribution < -0.4 is 10.6 Å². The fourth-order valence-corrected chi connectivity index (χ4v) is 6.89. The number of carbonyl (C=O) groups is 1. The number of nitrogens with zero attached hydrogens (tertiary/aromatic N) is 6. The minimum absolute atomic E-state index is 0.0697. The maximum Gasteiger partial charge on any atom is 0.255 e. The molecule has 3 fully saturated rings. The van der Waals surface area contributed by atoms with Crippen LogP contribution in [0, 0.1) is 11.3 Å². The number of aromatic nitrogens is 5. The highest BCUT2D eigenvalue weighted by Gasteiger charge is 2.51. The third-order valence-corrected chi connectivity index (χ3v) is 9.65. The maximum absolute atomic E-state index is 14.5. The highest BCUT2D eigenvalue weighted by atomic mass is 32.1. The van der Waals surface area contributed by atoms with Crippen LogP contribution in [0.15, 0.2) is 42.2 Å². The molecule has 0 spiro atoms. The van der Waals surface area contributed by atoms with Gasteiger partial charge in [-0.15, -0.1) is 21.5 Å². The predicted octanol–water partition coefficient (Wildman–Crippen LogP) is 4.41. The van der Waals surface area contributed by atoms with Gasteiger partial charge in [0, 0.05) is 17.2 Å². The molecule has 7 rings (SSSR count). The van der Waals surface area contributed by atoms with Gasteiger partial charge in [-0.2, -0.15) is 10.4 Å². The van der Waals surface area contributed by atoms with E-state index < -0.39 is 17.7 Å². The second kappa shape index (κ2) is 10.2. The van der Waals surface area contributed by atoms with Crippen LogP contribution in [0.4, 0.5) is 10.1 Å². The summed E-state index contributed by atoms with van der Waals surface area (Å²) in [6.45, 7) is 2.42. The number of fused-ring (bicyclic) bond motifs is 4. The maximum atomic E-state index is 14.5. The van der Waals surface area contributed by atoms with Gasteiger partial charge in [-0.1, -0.05) is 0 Å². The Morgan fingerprint density at radius 3 is 2.63 bits per heavy atom. The van der Waals surface area contributed by atoms with Gasteiger partial charge in [-0.05, 0) is 76.6 Å². The molecule has 1 amide bonds. The van der Waals surface area contributed by atoms with E-state index in [0.717, 1.165) is 49.0 Å². The summed E-state index contributed by atoms with van der Waals surface area (Å²) in [4.78, 5) is 17.9. The molecule has 0 aromatic carbocycles. The first kappa shape index (κ1) is 27.2. The Hall–Kier alpha value is -3.95. The molecular formula is C29H31FN8O2S. The standard InChI is InChI=1S/C29H31FN8O2S/c1-27(2,40)24(30)16-33-25(39)20-15-32-22(23-4-3-19-11-18(13-31)14-35-38(19)23)12-21(20)36-29-8-5-28(6-9-29,7-10-29)26-37-34-17-41-26/h3-4,11-12,14-15,17,24,40H,5-10,16H2,1-2H3,(H,32,36)(H,33,39)/t24-,28?,29?/m1/s1. The van der Waals surface area contributed by atoms with Crippen molar-refractivity contribution in [2.75, 3.05) is 11.9 Å². The summed E-state index contributed by atoms with van der Waals surface area (Å²) in [5.74, 6) is -0.471. The van der Waals surface area contributed by atoms with Crippen LogP contribution in [0.5, 0.6) is 0 Å². The Morgan fingerprint density at radius 2 is 1.98 bits per heavy atom. The summed E-state index contributed by atoms with van der Waals surface area (Å²) < 4.78 is 16.2. The van der Waals surface area contributed by atoms with Gasteiger partial charge in [0.1, 0.15) is 22.8 Å². The number of rotatable bonds is 8. The van der Waals surface area contributed by atoms with Gasteiger partial charge in [0.15, 0.2) is 0 Å². The number of hydrogen-bond donors (Lipinski definition) is 3. The van der Waals surface area contributed by atoms with Crippen LogP contribution in [0.25, 0.3) is 16.9 Å². The molecule has 3 aliphatic carbocycles. The Bertz CT molecular complexity index is 1610. The first-order valence-corrected chi connectivity index (χ1v) is 14.6. The van der Waals surface area contributed by atoms with Crippen LogP contribution in [-0.4, -0.2) is 59.7 Å². The van der Waals surface area contributed by atoms with E-state index in [1.807, 2.05) is 18.2 Å². The molecule has 3 N–H and O–H groups in total. The van der Waals surface area contributed by atoms with Crippen molar-refractivity contribution in [2.24, 2.45) is 0 Å². The van der Waals surface area contributed by atoms with Gasteiger partial charge in [0.05, 0.1) is 52.1 Å². The molecule has 1 atom stereocenters. The number of aliphatic hydroxyl groups is 1. The summed E-state index contributed by atoms with van der Waals surface area (Å²) in [6.07, 6.45) is 7.08. The van der Waals surface area contributed by atoms with Crippen molar-refractivity contribution in [3.63, 3.8) is 0 Å². The SMILES string of the molecule is CC(C)(O)[C@H](F)CNC(=O)c1cnc(-c2ccc3cc(C#N)cnn23)cc1NC12CCC(c3nncs3)(CC1)CC2. The molecule has 41 heavy (non-hydrogen) atoms. The van der Waals surface area contributed by atoms with Gasteiger partial charge < -0.3 is 15.7 Å². The molecule has 4 aromatic rings. The van der Waals surface area contributed by atoms with Crippen molar-refractivity contribution in [3.05, 3.63) is 58.3 Å². The smallest absolute Gasteiger partial charge is 0.255 e. The largest absolute Gasteiger partial charge is 0.387 e. The highest BCUT2D eigenvalue weighted by Crippen LogP contribution is 2.55.